The molecule has 2 amide bonds. The molecule has 22 heavy (non-hydrogen) atoms. The molecule has 1 aliphatic carbocycles. The highest BCUT2D eigenvalue weighted by Crippen LogP contribution is 2.30. The van der Waals surface area contributed by atoms with Crippen molar-refractivity contribution in [3.05, 3.63) is 29.8 Å². The van der Waals surface area contributed by atoms with Crippen molar-refractivity contribution in [2.24, 2.45) is 11.3 Å². The van der Waals surface area contributed by atoms with Gasteiger partial charge in [-0.05, 0) is 48.9 Å². The molecular weight excluding hydrogens is 280 g/mol. The van der Waals surface area contributed by atoms with Crippen molar-refractivity contribution in [3.63, 3.8) is 0 Å². The van der Waals surface area contributed by atoms with Crippen molar-refractivity contribution in [2.45, 2.75) is 33.1 Å². The second-order valence-corrected chi connectivity index (χ2v) is 6.66. The second-order valence-electron chi connectivity index (χ2n) is 6.66. The number of rotatable bonds is 7. The standard InChI is InChI=1S/C17H24N2O3/c1-17(2,9-10-20)11-18-15(21)12-5-7-14(8-6-12)19-16(22)13-3-4-13/h5-8,13,20H,3-4,9-11H2,1-2H3,(H,18,21)(H,19,22). The molecule has 1 aromatic carbocycles. The summed E-state index contributed by atoms with van der Waals surface area (Å²) in [5.74, 6) is 0.0748. The van der Waals surface area contributed by atoms with E-state index in [-0.39, 0.29) is 29.8 Å². The molecule has 5 heteroatoms. The second kappa shape index (κ2) is 6.92. The molecular formula is C17H24N2O3. The summed E-state index contributed by atoms with van der Waals surface area (Å²) < 4.78 is 0. The van der Waals surface area contributed by atoms with Gasteiger partial charge in [0.15, 0.2) is 0 Å². The Labute approximate surface area is 131 Å². The highest BCUT2D eigenvalue weighted by atomic mass is 16.3. The Morgan fingerprint density at radius 2 is 1.86 bits per heavy atom. The number of aliphatic hydroxyl groups excluding tert-OH is 1. The summed E-state index contributed by atoms with van der Waals surface area (Å²) >= 11 is 0. The van der Waals surface area contributed by atoms with Gasteiger partial charge in [-0.15, -0.1) is 0 Å². The lowest BCUT2D eigenvalue weighted by molar-refractivity contribution is -0.117. The first-order valence-corrected chi connectivity index (χ1v) is 7.71. The predicted octanol–water partition coefficient (Wildman–Crippen LogP) is 2.17. The molecule has 2 rings (SSSR count). The van der Waals surface area contributed by atoms with Crippen molar-refractivity contribution >= 4 is 17.5 Å². The van der Waals surface area contributed by atoms with Crippen molar-refractivity contribution < 1.29 is 14.7 Å². The van der Waals surface area contributed by atoms with E-state index in [1.807, 2.05) is 13.8 Å². The van der Waals surface area contributed by atoms with Gasteiger partial charge in [0.05, 0.1) is 0 Å². The third-order valence-electron chi connectivity index (χ3n) is 3.88. The topological polar surface area (TPSA) is 78.4 Å². The fraction of sp³-hybridized carbons (Fsp3) is 0.529. The molecule has 0 heterocycles. The van der Waals surface area contributed by atoms with Crippen LogP contribution < -0.4 is 10.6 Å². The highest BCUT2D eigenvalue weighted by molar-refractivity contribution is 5.96. The molecule has 0 aromatic heterocycles. The van der Waals surface area contributed by atoms with Crippen molar-refractivity contribution in [3.8, 4) is 0 Å². The van der Waals surface area contributed by atoms with Crippen LogP contribution in [0.4, 0.5) is 5.69 Å². The molecule has 1 aliphatic rings. The monoisotopic (exact) mass is 304 g/mol. The Morgan fingerprint density at radius 1 is 1.23 bits per heavy atom. The molecule has 120 valence electrons. The van der Waals surface area contributed by atoms with Gasteiger partial charge in [0.25, 0.3) is 5.91 Å². The van der Waals surface area contributed by atoms with Gasteiger partial charge < -0.3 is 15.7 Å². The number of benzene rings is 1. The Morgan fingerprint density at radius 3 is 2.41 bits per heavy atom. The van der Waals surface area contributed by atoms with Crippen LogP contribution in [-0.2, 0) is 4.79 Å². The predicted molar refractivity (Wildman–Crippen MR) is 85.6 cm³/mol. The molecule has 0 spiro atoms. The number of nitrogens with one attached hydrogen (secondary N) is 2. The van der Waals surface area contributed by atoms with Gasteiger partial charge in [0, 0.05) is 30.3 Å². The maximum Gasteiger partial charge on any atom is 0.251 e. The van der Waals surface area contributed by atoms with E-state index in [9.17, 15) is 9.59 Å². The summed E-state index contributed by atoms with van der Waals surface area (Å²) in [5.41, 5.74) is 1.14. The minimum absolute atomic E-state index is 0.0583. The Hall–Kier alpha value is -1.88. The molecule has 1 fully saturated rings. The van der Waals surface area contributed by atoms with Gasteiger partial charge >= 0.3 is 0 Å². The summed E-state index contributed by atoms with van der Waals surface area (Å²) in [7, 11) is 0. The van der Waals surface area contributed by atoms with Crippen LogP contribution in [0.5, 0.6) is 0 Å². The molecule has 0 aliphatic heterocycles. The normalized spacial score (nSPS) is 14.5. The lowest BCUT2D eigenvalue weighted by atomic mass is 9.89. The van der Waals surface area contributed by atoms with Crippen LogP contribution in [0, 0.1) is 11.3 Å². The van der Waals surface area contributed by atoms with E-state index in [1.165, 1.54) is 0 Å². The molecule has 1 saturated carbocycles. The van der Waals surface area contributed by atoms with E-state index < -0.39 is 0 Å². The number of hydrogen-bond acceptors (Lipinski definition) is 3. The number of amides is 2. The minimum Gasteiger partial charge on any atom is -0.396 e. The summed E-state index contributed by atoms with van der Waals surface area (Å²) in [6.45, 7) is 4.62. The number of hydrogen-bond donors (Lipinski definition) is 3. The lowest BCUT2D eigenvalue weighted by Crippen LogP contribution is -2.34. The van der Waals surface area contributed by atoms with Gasteiger partial charge in [-0.2, -0.15) is 0 Å². The third-order valence-corrected chi connectivity index (χ3v) is 3.88. The fourth-order valence-corrected chi connectivity index (χ4v) is 2.11. The quantitative estimate of drug-likeness (QED) is 0.722. The zero-order valence-corrected chi connectivity index (χ0v) is 13.2. The number of carbonyl (C=O) groups is 2. The van der Waals surface area contributed by atoms with Gasteiger partial charge in [0.1, 0.15) is 0 Å². The fourth-order valence-electron chi connectivity index (χ4n) is 2.11. The average molecular weight is 304 g/mol. The molecule has 1 aromatic rings. The molecule has 5 nitrogen and oxygen atoms in total. The lowest BCUT2D eigenvalue weighted by Gasteiger charge is -2.23. The zero-order valence-electron chi connectivity index (χ0n) is 13.2. The minimum atomic E-state index is -0.147. The number of aliphatic hydroxyl groups is 1. The van der Waals surface area contributed by atoms with Gasteiger partial charge in [-0.1, -0.05) is 13.8 Å². The van der Waals surface area contributed by atoms with E-state index >= 15 is 0 Å². The summed E-state index contributed by atoms with van der Waals surface area (Å²) in [6.07, 6.45) is 2.57. The first-order chi connectivity index (χ1) is 10.4. The third kappa shape index (κ3) is 4.84. The Balaban J connectivity index is 1.86. The average Bonchev–Trinajstić information content (AvgIpc) is 3.30. The van der Waals surface area contributed by atoms with Gasteiger partial charge in [-0.3, -0.25) is 9.59 Å². The van der Waals surface area contributed by atoms with Crippen molar-refractivity contribution in [1.29, 1.82) is 0 Å². The molecule has 0 radical (unpaired) electrons. The molecule has 0 saturated heterocycles. The van der Waals surface area contributed by atoms with Crippen LogP contribution >= 0.6 is 0 Å². The van der Waals surface area contributed by atoms with Gasteiger partial charge in [-0.25, -0.2) is 0 Å². The highest BCUT2D eigenvalue weighted by Gasteiger charge is 2.29. The molecule has 0 bridgehead atoms. The van der Waals surface area contributed by atoms with Crippen molar-refractivity contribution in [1.82, 2.24) is 5.32 Å². The van der Waals surface area contributed by atoms with E-state index in [0.29, 0.717) is 24.2 Å². The van der Waals surface area contributed by atoms with E-state index in [1.54, 1.807) is 24.3 Å². The molecule has 3 N–H and O–H groups in total. The maximum absolute atomic E-state index is 12.1. The first kappa shape index (κ1) is 16.5. The first-order valence-electron chi connectivity index (χ1n) is 7.71. The van der Waals surface area contributed by atoms with Crippen LogP contribution in [0.1, 0.15) is 43.5 Å². The molecule has 0 unspecified atom stereocenters. The SMILES string of the molecule is CC(C)(CCO)CNC(=O)c1ccc(NC(=O)C2CC2)cc1. The van der Waals surface area contributed by atoms with Crippen molar-refractivity contribution in [2.75, 3.05) is 18.5 Å². The Bertz CT molecular complexity index is 533. The van der Waals surface area contributed by atoms with Crippen LogP contribution in [0.15, 0.2) is 24.3 Å². The number of anilines is 1. The zero-order chi connectivity index (χ0) is 16.2. The van der Waals surface area contributed by atoms with Crippen LogP contribution in [0.3, 0.4) is 0 Å². The summed E-state index contributed by atoms with van der Waals surface area (Å²) in [6, 6.07) is 6.90. The summed E-state index contributed by atoms with van der Waals surface area (Å²) in [4.78, 5) is 23.7. The van der Waals surface area contributed by atoms with Gasteiger partial charge in [0.2, 0.25) is 5.91 Å². The van der Waals surface area contributed by atoms with Crippen LogP contribution in [0.25, 0.3) is 0 Å². The largest absolute Gasteiger partial charge is 0.396 e. The van der Waals surface area contributed by atoms with Crippen LogP contribution in [-0.4, -0.2) is 30.1 Å². The smallest absolute Gasteiger partial charge is 0.251 e. The number of carbonyl (C=O) groups excluding carboxylic acids is 2. The van der Waals surface area contributed by atoms with Crippen LogP contribution in [0.2, 0.25) is 0 Å². The molecule has 0 atom stereocenters. The maximum atomic E-state index is 12.1. The van der Waals surface area contributed by atoms with E-state index in [0.717, 1.165) is 12.8 Å². The summed E-state index contributed by atoms with van der Waals surface area (Å²) in [5, 5.41) is 14.7. The van der Waals surface area contributed by atoms with E-state index in [2.05, 4.69) is 10.6 Å². The van der Waals surface area contributed by atoms with E-state index in [4.69, 9.17) is 5.11 Å². The Kier molecular flexibility index (Phi) is 5.19.